The predicted molar refractivity (Wildman–Crippen MR) is 173 cm³/mol. The van der Waals surface area contributed by atoms with Gasteiger partial charge in [0.05, 0.1) is 46.0 Å². The third-order valence-electron chi connectivity index (χ3n) is 7.33. The highest BCUT2D eigenvalue weighted by Crippen LogP contribution is 2.03. The number of nitrogens with one attached hydrogen (secondary N) is 3. The number of hydrogen-bond donors (Lipinski definition) is 6. The van der Waals surface area contributed by atoms with Crippen LogP contribution in [0.2, 0.25) is 0 Å². The molecule has 1 unspecified atom stereocenters. The van der Waals surface area contributed by atoms with Crippen molar-refractivity contribution in [2.45, 2.75) is 39.2 Å². The van der Waals surface area contributed by atoms with Crippen LogP contribution in [0.4, 0.5) is 0 Å². The summed E-state index contributed by atoms with van der Waals surface area (Å²) in [5, 5.41) is 36.3. The highest BCUT2D eigenvalue weighted by Gasteiger charge is 2.25. The Labute approximate surface area is 282 Å². The van der Waals surface area contributed by atoms with Crippen LogP contribution in [0.3, 0.4) is 0 Å². The maximum absolute atomic E-state index is 13.3. The van der Waals surface area contributed by atoms with Gasteiger partial charge in [0, 0.05) is 78.5 Å². The van der Waals surface area contributed by atoms with Gasteiger partial charge >= 0.3 is 17.9 Å². The molecule has 1 rings (SSSR count). The zero-order valence-electron chi connectivity index (χ0n) is 28.3. The fourth-order valence-electron chi connectivity index (χ4n) is 4.89. The quantitative estimate of drug-likeness (QED) is 0.0642. The average Bonchev–Trinajstić information content (AvgIpc) is 3.01. The molecule has 0 spiro atoms. The number of carbonyl (C=O) groups is 6. The van der Waals surface area contributed by atoms with E-state index in [1.165, 1.54) is 0 Å². The third kappa shape index (κ3) is 21.5. The van der Waals surface area contributed by atoms with Gasteiger partial charge in [0.15, 0.2) is 0 Å². The van der Waals surface area contributed by atoms with E-state index < -0.39 is 35.8 Å². The molecule has 0 aromatic carbocycles. The second kappa shape index (κ2) is 25.6. The van der Waals surface area contributed by atoms with Crippen LogP contribution >= 0.6 is 0 Å². The molecule has 1 atom stereocenters. The van der Waals surface area contributed by atoms with Crippen LogP contribution in [0.5, 0.6) is 0 Å². The first-order valence-electron chi connectivity index (χ1n) is 16.5. The maximum atomic E-state index is 13.3. The number of aliphatic carboxylic acids is 3. The number of nitrogens with zero attached hydrogens (tertiary/aromatic N) is 4. The summed E-state index contributed by atoms with van der Waals surface area (Å²) in [6, 6.07) is -1.01. The number of rotatable bonds is 22. The minimum absolute atomic E-state index is 0.00831. The van der Waals surface area contributed by atoms with Crippen LogP contribution in [0, 0.1) is 0 Å². The number of hydrogen-bond acceptors (Lipinski definition) is 12. The lowest BCUT2D eigenvalue weighted by Crippen LogP contribution is -2.52. The van der Waals surface area contributed by atoms with Crippen molar-refractivity contribution in [1.82, 2.24) is 35.6 Å². The summed E-state index contributed by atoms with van der Waals surface area (Å²) < 4.78 is 10.8. The summed E-state index contributed by atoms with van der Waals surface area (Å²) in [6.45, 7) is 7.02. The van der Waals surface area contributed by atoms with Crippen molar-refractivity contribution in [2.24, 2.45) is 0 Å². The van der Waals surface area contributed by atoms with E-state index in [1.807, 2.05) is 6.92 Å². The van der Waals surface area contributed by atoms with Gasteiger partial charge in [0.1, 0.15) is 6.04 Å². The predicted octanol–water partition coefficient (Wildman–Crippen LogP) is -2.58. The van der Waals surface area contributed by atoms with Gasteiger partial charge in [0.2, 0.25) is 17.7 Å². The Morgan fingerprint density at radius 2 is 1.04 bits per heavy atom. The molecule has 18 heteroatoms. The molecular formula is C30H55N7O11. The topological polar surface area (TPSA) is 231 Å². The molecular weight excluding hydrogens is 634 g/mol. The summed E-state index contributed by atoms with van der Waals surface area (Å²) in [5.41, 5.74) is 0. The molecule has 0 aromatic rings. The Morgan fingerprint density at radius 1 is 0.604 bits per heavy atom. The molecule has 1 aliphatic heterocycles. The lowest BCUT2D eigenvalue weighted by molar-refractivity contribution is -0.140. The molecule has 0 radical (unpaired) electrons. The van der Waals surface area contributed by atoms with Crippen molar-refractivity contribution in [3.63, 3.8) is 0 Å². The Morgan fingerprint density at radius 3 is 1.46 bits per heavy atom. The summed E-state index contributed by atoms with van der Waals surface area (Å²) in [7, 11) is 0. The molecule has 0 aromatic heterocycles. The van der Waals surface area contributed by atoms with E-state index >= 15 is 0 Å². The van der Waals surface area contributed by atoms with E-state index in [4.69, 9.17) is 9.47 Å². The van der Waals surface area contributed by atoms with E-state index in [9.17, 15) is 44.1 Å². The normalized spacial score (nSPS) is 16.6. The molecule has 1 aliphatic rings. The second-order valence-electron chi connectivity index (χ2n) is 11.4. The molecule has 1 fully saturated rings. The molecule has 18 nitrogen and oxygen atoms in total. The molecule has 6 N–H and O–H groups in total. The number of amides is 3. The zero-order valence-corrected chi connectivity index (χ0v) is 28.3. The smallest absolute Gasteiger partial charge is 0.317 e. The summed E-state index contributed by atoms with van der Waals surface area (Å²) in [4.78, 5) is 79.6. The zero-order chi connectivity index (χ0) is 35.7. The van der Waals surface area contributed by atoms with E-state index in [0.29, 0.717) is 26.4 Å². The van der Waals surface area contributed by atoms with Crippen LogP contribution < -0.4 is 16.0 Å². The Hall–Kier alpha value is -3.42. The lowest BCUT2D eigenvalue weighted by atomic mass is 10.1. The Bertz CT molecular complexity index is 972. The maximum Gasteiger partial charge on any atom is 0.317 e. The van der Waals surface area contributed by atoms with Crippen LogP contribution in [0.25, 0.3) is 0 Å². The molecule has 1 saturated heterocycles. The van der Waals surface area contributed by atoms with Crippen molar-refractivity contribution < 1.29 is 53.6 Å². The lowest BCUT2D eigenvalue weighted by Gasteiger charge is -2.33. The van der Waals surface area contributed by atoms with Gasteiger partial charge in [-0.3, -0.25) is 48.4 Å². The van der Waals surface area contributed by atoms with Crippen LogP contribution in [-0.2, 0) is 38.2 Å². The SMILES string of the molecule is CCCOCCOCCNC(=O)C(CCC(=O)NCC)NC(=O)CN1CCN(CC(=O)O)CCN(CC(=O)O)CCN(CC(=O)O)CC1. The first-order chi connectivity index (χ1) is 22.9. The minimum atomic E-state index is -1.06. The highest BCUT2D eigenvalue weighted by molar-refractivity contribution is 5.89. The fourth-order valence-corrected chi connectivity index (χ4v) is 4.89. The largest absolute Gasteiger partial charge is 0.480 e. The molecule has 276 valence electrons. The van der Waals surface area contributed by atoms with Crippen molar-refractivity contribution in [3.8, 4) is 0 Å². The van der Waals surface area contributed by atoms with E-state index in [-0.39, 0.29) is 110 Å². The van der Waals surface area contributed by atoms with Crippen molar-refractivity contribution in [3.05, 3.63) is 0 Å². The average molecular weight is 690 g/mol. The van der Waals surface area contributed by atoms with Crippen molar-refractivity contribution >= 4 is 35.6 Å². The highest BCUT2D eigenvalue weighted by atomic mass is 16.5. The molecule has 0 aliphatic carbocycles. The van der Waals surface area contributed by atoms with Crippen LogP contribution in [-0.4, -0.2) is 195 Å². The van der Waals surface area contributed by atoms with Gasteiger partial charge in [-0.15, -0.1) is 0 Å². The Kier molecular flexibility index (Phi) is 22.7. The summed E-state index contributed by atoms with van der Waals surface area (Å²) in [5.74, 6) is -4.39. The molecule has 3 amide bonds. The summed E-state index contributed by atoms with van der Waals surface area (Å²) in [6.07, 6.45) is 0.966. The number of carboxylic acids is 3. The standard InChI is InChI=1S/C30H55N7O11/c1-3-16-47-18-19-48-17-7-32-30(46)24(5-6-25(38)31-4-2)33-26(39)20-34-8-10-35(21-27(40)41)12-14-37(23-29(44)45)15-13-36(11-9-34)22-28(42)43/h24H,3-23H2,1-2H3,(H,31,38)(H,32,46)(H,33,39)(H,40,41)(H,42,43)(H,44,45). The number of ether oxygens (including phenoxy) is 2. The first-order valence-corrected chi connectivity index (χ1v) is 16.5. The van der Waals surface area contributed by atoms with Crippen molar-refractivity contribution in [2.75, 3.05) is 118 Å². The number of carboxylic acid groups (broad SMARTS) is 3. The van der Waals surface area contributed by atoms with Gasteiger partial charge in [0.25, 0.3) is 0 Å². The molecule has 0 bridgehead atoms. The van der Waals surface area contributed by atoms with Gasteiger partial charge in [-0.25, -0.2) is 0 Å². The van der Waals surface area contributed by atoms with Gasteiger partial charge < -0.3 is 40.7 Å². The van der Waals surface area contributed by atoms with Crippen LogP contribution in [0.15, 0.2) is 0 Å². The minimum Gasteiger partial charge on any atom is -0.480 e. The number of carbonyl (C=O) groups excluding carboxylic acids is 3. The van der Waals surface area contributed by atoms with Gasteiger partial charge in [-0.1, -0.05) is 6.92 Å². The van der Waals surface area contributed by atoms with Gasteiger partial charge in [-0.05, 0) is 19.8 Å². The summed E-state index contributed by atoms with van der Waals surface area (Å²) >= 11 is 0. The van der Waals surface area contributed by atoms with Gasteiger partial charge in [-0.2, -0.15) is 0 Å². The monoisotopic (exact) mass is 689 g/mol. The van der Waals surface area contributed by atoms with E-state index in [2.05, 4.69) is 16.0 Å². The third-order valence-corrected chi connectivity index (χ3v) is 7.33. The molecule has 0 saturated carbocycles. The van der Waals surface area contributed by atoms with E-state index in [1.54, 1.807) is 26.5 Å². The van der Waals surface area contributed by atoms with Crippen molar-refractivity contribution in [1.29, 1.82) is 0 Å². The fraction of sp³-hybridized carbons (Fsp3) is 0.800. The molecule has 1 heterocycles. The van der Waals surface area contributed by atoms with Crippen LogP contribution in [0.1, 0.15) is 33.1 Å². The second-order valence-corrected chi connectivity index (χ2v) is 11.4. The van der Waals surface area contributed by atoms with E-state index in [0.717, 1.165) is 6.42 Å². The Balaban J connectivity index is 2.96. The molecule has 48 heavy (non-hydrogen) atoms. The first kappa shape index (κ1) is 42.6.